The summed E-state index contributed by atoms with van der Waals surface area (Å²) in [6.45, 7) is 5.42. The first-order valence-corrected chi connectivity index (χ1v) is 10.7. The van der Waals surface area contributed by atoms with Gasteiger partial charge in [0.1, 0.15) is 5.75 Å². The number of amides is 2. The standard InChI is InChI=1S/C26H29N3O3/c1-19(2)18-32-24-13-11-22(12-14-24)27-17-25(30)29-23-10-6-9-21(15-23)26(31)28-16-20-7-4-3-5-8-20/h3-15,19,27H,16-18H2,1-2H3,(H,28,31)(H,29,30). The van der Waals surface area contributed by atoms with Gasteiger partial charge in [0, 0.05) is 23.5 Å². The smallest absolute Gasteiger partial charge is 0.251 e. The van der Waals surface area contributed by atoms with Crippen LogP contribution in [0.4, 0.5) is 11.4 Å². The Kier molecular flexibility index (Phi) is 8.26. The Morgan fingerprint density at radius 3 is 2.34 bits per heavy atom. The highest BCUT2D eigenvalue weighted by Gasteiger charge is 2.08. The first-order valence-electron chi connectivity index (χ1n) is 10.7. The predicted molar refractivity (Wildman–Crippen MR) is 128 cm³/mol. The minimum absolute atomic E-state index is 0.108. The highest BCUT2D eigenvalue weighted by molar-refractivity contribution is 5.98. The van der Waals surface area contributed by atoms with Crippen molar-refractivity contribution in [3.05, 3.63) is 90.0 Å². The normalized spacial score (nSPS) is 10.5. The summed E-state index contributed by atoms with van der Waals surface area (Å²) in [5.74, 6) is 0.871. The van der Waals surface area contributed by atoms with E-state index >= 15 is 0 Å². The molecule has 2 amide bonds. The molecule has 0 fully saturated rings. The molecule has 0 saturated carbocycles. The van der Waals surface area contributed by atoms with Gasteiger partial charge >= 0.3 is 0 Å². The average Bonchev–Trinajstić information content (AvgIpc) is 2.81. The number of benzene rings is 3. The zero-order valence-electron chi connectivity index (χ0n) is 18.4. The first kappa shape index (κ1) is 22.9. The largest absolute Gasteiger partial charge is 0.493 e. The van der Waals surface area contributed by atoms with Crippen LogP contribution in [0.5, 0.6) is 5.75 Å². The van der Waals surface area contributed by atoms with E-state index < -0.39 is 0 Å². The van der Waals surface area contributed by atoms with Crippen LogP contribution in [-0.4, -0.2) is 25.0 Å². The van der Waals surface area contributed by atoms with E-state index in [1.165, 1.54) is 0 Å². The summed E-state index contributed by atoms with van der Waals surface area (Å²) in [5, 5.41) is 8.79. The van der Waals surface area contributed by atoms with Gasteiger partial charge in [0.05, 0.1) is 13.2 Å². The lowest BCUT2D eigenvalue weighted by Gasteiger charge is -2.11. The van der Waals surface area contributed by atoms with Crippen molar-refractivity contribution in [2.24, 2.45) is 5.92 Å². The molecule has 0 unspecified atom stereocenters. The molecule has 3 rings (SSSR count). The molecule has 0 aliphatic rings. The Labute approximate surface area is 189 Å². The fourth-order valence-corrected chi connectivity index (χ4v) is 2.94. The molecule has 0 saturated heterocycles. The molecule has 3 aromatic rings. The molecule has 32 heavy (non-hydrogen) atoms. The Morgan fingerprint density at radius 2 is 1.62 bits per heavy atom. The summed E-state index contributed by atoms with van der Waals surface area (Å²) in [6.07, 6.45) is 0. The van der Waals surface area contributed by atoms with Gasteiger partial charge in [-0.2, -0.15) is 0 Å². The van der Waals surface area contributed by atoms with Crippen LogP contribution in [0.2, 0.25) is 0 Å². The molecule has 3 N–H and O–H groups in total. The van der Waals surface area contributed by atoms with Crippen molar-refractivity contribution in [1.82, 2.24) is 5.32 Å². The lowest BCUT2D eigenvalue weighted by Crippen LogP contribution is -2.24. The second-order valence-corrected chi connectivity index (χ2v) is 7.88. The summed E-state index contributed by atoms with van der Waals surface area (Å²) in [5.41, 5.74) is 2.91. The molecule has 0 aromatic heterocycles. The van der Waals surface area contributed by atoms with Crippen molar-refractivity contribution in [3.63, 3.8) is 0 Å². The van der Waals surface area contributed by atoms with Crippen molar-refractivity contribution in [3.8, 4) is 5.75 Å². The van der Waals surface area contributed by atoms with Gasteiger partial charge in [0.25, 0.3) is 5.91 Å². The topological polar surface area (TPSA) is 79.5 Å². The number of hydrogen-bond donors (Lipinski definition) is 3. The second-order valence-electron chi connectivity index (χ2n) is 7.88. The third-order valence-electron chi connectivity index (χ3n) is 4.60. The molecule has 6 nitrogen and oxygen atoms in total. The highest BCUT2D eigenvalue weighted by atomic mass is 16.5. The molecule has 0 heterocycles. The van der Waals surface area contributed by atoms with E-state index in [9.17, 15) is 9.59 Å². The van der Waals surface area contributed by atoms with Crippen molar-refractivity contribution < 1.29 is 14.3 Å². The van der Waals surface area contributed by atoms with E-state index in [4.69, 9.17) is 4.74 Å². The lowest BCUT2D eigenvalue weighted by molar-refractivity contribution is -0.114. The second kappa shape index (κ2) is 11.6. The zero-order chi connectivity index (χ0) is 22.8. The minimum Gasteiger partial charge on any atom is -0.493 e. The predicted octanol–water partition coefficient (Wildman–Crippen LogP) is 4.70. The van der Waals surface area contributed by atoms with E-state index in [0.717, 1.165) is 17.0 Å². The molecule has 166 valence electrons. The molecule has 0 spiro atoms. The van der Waals surface area contributed by atoms with Gasteiger partial charge in [-0.3, -0.25) is 9.59 Å². The number of rotatable bonds is 10. The maximum Gasteiger partial charge on any atom is 0.251 e. The van der Waals surface area contributed by atoms with Crippen LogP contribution >= 0.6 is 0 Å². The zero-order valence-corrected chi connectivity index (χ0v) is 18.4. The number of hydrogen-bond acceptors (Lipinski definition) is 4. The van der Waals surface area contributed by atoms with Crippen LogP contribution in [0.25, 0.3) is 0 Å². The summed E-state index contributed by atoms with van der Waals surface area (Å²) in [6, 6.07) is 24.1. The van der Waals surface area contributed by atoms with Gasteiger partial charge in [0.2, 0.25) is 5.91 Å². The minimum atomic E-state index is -0.202. The number of ether oxygens (including phenoxy) is 1. The van der Waals surface area contributed by atoms with E-state index in [0.29, 0.717) is 30.3 Å². The van der Waals surface area contributed by atoms with Gasteiger partial charge in [0.15, 0.2) is 0 Å². The molecule has 6 heteroatoms. The molecular weight excluding hydrogens is 402 g/mol. The number of anilines is 2. The molecule has 0 atom stereocenters. The monoisotopic (exact) mass is 431 g/mol. The van der Waals surface area contributed by atoms with Gasteiger partial charge in [-0.15, -0.1) is 0 Å². The van der Waals surface area contributed by atoms with Crippen LogP contribution in [0.15, 0.2) is 78.9 Å². The third kappa shape index (κ3) is 7.47. The SMILES string of the molecule is CC(C)COc1ccc(NCC(=O)Nc2cccc(C(=O)NCc3ccccc3)c2)cc1. The fraction of sp³-hybridized carbons (Fsp3) is 0.231. The molecule has 0 radical (unpaired) electrons. The summed E-state index contributed by atoms with van der Waals surface area (Å²) in [7, 11) is 0. The molecule has 0 aliphatic carbocycles. The Hall–Kier alpha value is -3.80. The number of carbonyl (C=O) groups excluding carboxylic acids is 2. The van der Waals surface area contributed by atoms with E-state index in [1.807, 2.05) is 54.6 Å². The third-order valence-corrected chi connectivity index (χ3v) is 4.60. The average molecular weight is 432 g/mol. The van der Waals surface area contributed by atoms with Crippen LogP contribution in [0.3, 0.4) is 0 Å². The van der Waals surface area contributed by atoms with Gasteiger partial charge < -0.3 is 20.7 Å². The first-order chi connectivity index (χ1) is 15.5. The van der Waals surface area contributed by atoms with Crippen LogP contribution in [0.1, 0.15) is 29.8 Å². The van der Waals surface area contributed by atoms with E-state index in [2.05, 4.69) is 29.8 Å². The summed E-state index contributed by atoms with van der Waals surface area (Å²) >= 11 is 0. The van der Waals surface area contributed by atoms with Crippen molar-refractivity contribution in [1.29, 1.82) is 0 Å². The summed E-state index contributed by atoms with van der Waals surface area (Å²) in [4.78, 5) is 24.8. The lowest BCUT2D eigenvalue weighted by atomic mass is 10.1. The summed E-state index contributed by atoms with van der Waals surface area (Å²) < 4.78 is 5.66. The maximum atomic E-state index is 12.4. The number of carbonyl (C=O) groups is 2. The van der Waals surface area contributed by atoms with Crippen LogP contribution < -0.4 is 20.7 Å². The van der Waals surface area contributed by atoms with Gasteiger partial charge in [-0.25, -0.2) is 0 Å². The van der Waals surface area contributed by atoms with Crippen molar-refractivity contribution in [2.45, 2.75) is 20.4 Å². The highest BCUT2D eigenvalue weighted by Crippen LogP contribution is 2.16. The molecule has 3 aromatic carbocycles. The molecular formula is C26H29N3O3. The van der Waals surface area contributed by atoms with Gasteiger partial charge in [-0.05, 0) is 53.9 Å². The van der Waals surface area contributed by atoms with Crippen LogP contribution in [-0.2, 0) is 11.3 Å². The maximum absolute atomic E-state index is 12.4. The van der Waals surface area contributed by atoms with E-state index in [1.54, 1.807) is 24.3 Å². The Morgan fingerprint density at radius 1 is 0.875 bits per heavy atom. The fourth-order valence-electron chi connectivity index (χ4n) is 2.94. The molecule has 0 bridgehead atoms. The number of nitrogens with one attached hydrogen (secondary N) is 3. The van der Waals surface area contributed by atoms with Crippen molar-refractivity contribution >= 4 is 23.2 Å². The van der Waals surface area contributed by atoms with Crippen molar-refractivity contribution in [2.75, 3.05) is 23.8 Å². The Bertz CT molecular complexity index is 1020. The Balaban J connectivity index is 1.47. The quantitative estimate of drug-likeness (QED) is 0.435. The van der Waals surface area contributed by atoms with Crippen LogP contribution in [0, 0.1) is 5.92 Å². The van der Waals surface area contributed by atoms with E-state index in [-0.39, 0.29) is 18.4 Å². The molecule has 0 aliphatic heterocycles. The van der Waals surface area contributed by atoms with Gasteiger partial charge in [-0.1, -0.05) is 50.2 Å².